The summed E-state index contributed by atoms with van der Waals surface area (Å²) in [4.78, 5) is 26.0. The largest absolute Gasteiger partial charge is 0.543 e. The van der Waals surface area contributed by atoms with Gasteiger partial charge in [-0.15, -0.1) is 0 Å². The van der Waals surface area contributed by atoms with E-state index in [1.807, 2.05) is 32.9 Å². The first kappa shape index (κ1) is 28.7. The summed E-state index contributed by atoms with van der Waals surface area (Å²) >= 11 is 0. The van der Waals surface area contributed by atoms with Crippen LogP contribution < -0.4 is 9.16 Å². The first-order valence-electron chi connectivity index (χ1n) is 13.7. The third kappa shape index (κ3) is 5.53. The van der Waals surface area contributed by atoms with E-state index in [0.717, 1.165) is 41.9 Å². The number of Topliss-reactive ketones (excluding diaryl/α,β-unsaturated/α-hetero) is 1. The summed E-state index contributed by atoms with van der Waals surface area (Å²) in [6, 6.07) is 4.03. The van der Waals surface area contributed by atoms with Crippen LogP contribution in [0.2, 0.25) is 18.1 Å². The number of hydrogen-bond donors (Lipinski definition) is 0. The Hall–Kier alpha value is -1.82. The molecule has 0 aromatic heterocycles. The summed E-state index contributed by atoms with van der Waals surface area (Å²) in [5, 5.41) is -0.00347. The van der Waals surface area contributed by atoms with Crippen molar-refractivity contribution in [3.8, 4) is 11.5 Å². The molecular formula is C30H48O5Si. The minimum absolute atomic E-state index is 0.00347. The van der Waals surface area contributed by atoms with Gasteiger partial charge in [0.2, 0.25) is 8.32 Å². The monoisotopic (exact) mass is 516 g/mol. The molecule has 0 radical (unpaired) electrons. The number of benzene rings is 1. The molecule has 1 aromatic carbocycles. The molecule has 202 valence electrons. The predicted molar refractivity (Wildman–Crippen MR) is 148 cm³/mol. The average Bonchev–Trinajstić information content (AvgIpc) is 2.71. The zero-order chi connectivity index (χ0) is 27.3. The van der Waals surface area contributed by atoms with Gasteiger partial charge in [0.05, 0.1) is 11.5 Å². The molecule has 0 saturated heterocycles. The van der Waals surface area contributed by atoms with Crippen LogP contribution in [0.25, 0.3) is 0 Å². The Morgan fingerprint density at radius 1 is 1.19 bits per heavy atom. The molecule has 1 fully saturated rings. The van der Waals surface area contributed by atoms with E-state index in [-0.39, 0.29) is 28.9 Å². The van der Waals surface area contributed by atoms with Crippen LogP contribution >= 0.6 is 0 Å². The van der Waals surface area contributed by atoms with E-state index in [2.05, 4.69) is 54.6 Å². The Kier molecular flexibility index (Phi) is 7.83. The zero-order valence-corrected chi connectivity index (χ0v) is 25.5. The van der Waals surface area contributed by atoms with E-state index in [0.29, 0.717) is 18.6 Å². The molecule has 1 saturated carbocycles. The lowest BCUT2D eigenvalue weighted by Gasteiger charge is -2.48. The Balaban J connectivity index is 2.17. The number of ether oxygens (including phenoxy) is 2. The minimum Gasteiger partial charge on any atom is -0.543 e. The maximum absolute atomic E-state index is 13.3. The number of carbonyl (C=O) groups excluding carboxylic acids is 2. The normalized spacial score (nSPS) is 22.7. The summed E-state index contributed by atoms with van der Waals surface area (Å²) in [6.45, 7) is 23.2. The van der Waals surface area contributed by atoms with Gasteiger partial charge < -0.3 is 13.9 Å². The van der Waals surface area contributed by atoms with Gasteiger partial charge in [0, 0.05) is 30.2 Å². The second kappa shape index (κ2) is 9.81. The van der Waals surface area contributed by atoms with Crippen molar-refractivity contribution in [1.82, 2.24) is 0 Å². The fourth-order valence-electron chi connectivity index (χ4n) is 5.34. The van der Waals surface area contributed by atoms with Crippen LogP contribution in [-0.4, -0.2) is 31.8 Å². The molecule has 1 aliphatic heterocycles. The summed E-state index contributed by atoms with van der Waals surface area (Å²) in [5.74, 6) is 1.86. The van der Waals surface area contributed by atoms with E-state index in [1.165, 1.54) is 0 Å². The smallest absolute Gasteiger partial charge is 0.316 e. The Morgan fingerprint density at radius 3 is 2.42 bits per heavy atom. The molecule has 36 heavy (non-hydrogen) atoms. The molecule has 0 amide bonds. The molecular weight excluding hydrogens is 468 g/mol. The number of esters is 1. The molecule has 1 heterocycles. The van der Waals surface area contributed by atoms with E-state index in [1.54, 1.807) is 0 Å². The van der Waals surface area contributed by atoms with Crippen LogP contribution in [0.5, 0.6) is 11.5 Å². The molecule has 1 aromatic rings. The Morgan fingerprint density at radius 2 is 1.83 bits per heavy atom. The minimum atomic E-state index is -2.22. The summed E-state index contributed by atoms with van der Waals surface area (Å²) in [7, 11) is -2.22. The third-order valence-electron chi connectivity index (χ3n) is 8.82. The molecule has 0 bridgehead atoms. The average molecular weight is 517 g/mol. The summed E-state index contributed by atoms with van der Waals surface area (Å²) in [5.41, 5.74) is 0.533. The van der Waals surface area contributed by atoms with Crippen molar-refractivity contribution in [2.24, 2.45) is 5.92 Å². The summed E-state index contributed by atoms with van der Waals surface area (Å²) in [6.07, 6.45) is 3.60. The molecule has 1 unspecified atom stereocenters. The van der Waals surface area contributed by atoms with Gasteiger partial charge in [-0.05, 0) is 83.3 Å². The van der Waals surface area contributed by atoms with Crippen LogP contribution in [0.15, 0.2) is 12.1 Å². The summed E-state index contributed by atoms with van der Waals surface area (Å²) < 4.78 is 19.5. The van der Waals surface area contributed by atoms with Crippen LogP contribution in [0.4, 0.5) is 0 Å². The van der Waals surface area contributed by atoms with E-state index >= 15 is 0 Å². The van der Waals surface area contributed by atoms with Crippen molar-refractivity contribution >= 4 is 20.1 Å². The van der Waals surface area contributed by atoms with E-state index in [4.69, 9.17) is 13.9 Å². The fourth-order valence-corrected chi connectivity index (χ4v) is 6.36. The van der Waals surface area contributed by atoms with Gasteiger partial charge in [0.15, 0.2) is 0 Å². The van der Waals surface area contributed by atoms with Gasteiger partial charge in [0.25, 0.3) is 0 Å². The lowest BCUT2D eigenvalue weighted by Crippen LogP contribution is -2.48. The molecule has 6 heteroatoms. The quantitative estimate of drug-likeness (QED) is 0.274. The van der Waals surface area contributed by atoms with Crippen molar-refractivity contribution in [2.75, 3.05) is 0 Å². The maximum Gasteiger partial charge on any atom is 0.316 e. The highest BCUT2D eigenvalue weighted by atomic mass is 28.4. The van der Waals surface area contributed by atoms with Crippen LogP contribution in [0.3, 0.4) is 0 Å². The predicted octanol–water partition coefficient (Wildman–Crippen LogP) is 7.70. The number of carbonyl (C=O) groups is 2. The number of hydrogen-bond acceptors (Lipinski definition) is 5. The van der Waals surface area contributed by atoms with Crippen LogP contribution in [-0.2, 0) is 19.7 Å². The Bertz CT molecular complexity index is 1000. The first-order chi connectivity index (χ1) is 16.4. The van der Waals surface area contributed by atoms with Crippen LogP contribution in [0, 0.1) is 5.92 Å². The van der Waals surface area contributed by atoms with Gasteiger partial charge in [-0.1, -0.05) is 34.1 Å². The molecule has 0 N–H and O–H groups in total. The first-order valence-corrected chi connectivity index (χ1v) is 16.6. The van der Waals surface area contributed by atoms with Crippen molar-refractivity contribution in [3.05, 3.63) is 23.3 Å². The van der Waals surface area contributed by atoms with Gasteiger partial charge >= 0.3 is 5.97 Å². The molecule has 5 nitrogen and oxygen atoms in total. The van der Waals surface area contributed by atoms with Crippen LogP contribution in [0.1, 0.15) is 111 Å². The number of rotatable bonds is 7. The third-order valence-corrected chi connectivity index (χ3v) is 13.2. The SMILES string of the molecule is CCCC(C)OC(=O)C(C)(C)c1cc2c(c(O[Si](C)(C)C(C)(C)C)c1)[C@@H]1CC(=O)CC[C@H]1C(C)(C)O2. The molecule has 2 aliphatic rings. The van der Waals surface area contributed by atoms with Gasteiger partial charge in [-0.3, -0.25) is 9.59 Å². The number of fused-ring (bicyclic) bond motifs is 3. The van der Waals surface area contributed by atoms with Gasteiger partial charge in [0.1, 0.15) is 22.9 Å². The maximum atomic E-state index is 13.3. The number of ketones is 1. The molecule has 3 rings (SSSR count). The highest BCUT2D eigenvalue weighted by Gasteiger charge is 2.49. The Labute approximate surface area is 219 Å². The molecule has 0 spiro atoms. The fraction of sp³-hybridized carbons (Fsp3) is 0.733. The molecule has 1 aliphatic carbocycles. The highest BCUT2D eigenvalue weighted by molar-refractivity contribution is 6.74. The molecule has 3 atom stereocenters. The van der Waals surface area contributed by atoms with Crippen molar-refractivity contribution < 1.29 is 23.5 Å². The van der Waals surface area contributed by atoms with E-state index < -0.39 is 19.3 Å². The second-order valence-electron chi connectivity index (χ2n) is 13.6. The van der Waals surface area contributed by atoms with E-state index in [9.17, 15) is 9.59 Å². The lowest BCUT2D eigenvalue weighted by atomic mass is 9.66. The highest BCUT2D eigenvalue weighted by Crippen LogP contribution is 2.55. The topological polar surface area (TPSA) is 61.8 Å². The second-order valence-corrected chi connectivity index (χ2v) is 18.3. The standard InChI is InChI=1S/C30H48O5Si/c1-12-13-19(2)33-27(32)29(6,7)20-16-24-26(25(17-20)35-36(10,11)28(3,4)5)22-18-21(31)14-15-23(22)30(8,9)34-24/h16-17,19,22-23H,12-15,18H2,1-11H3/t19?,22-,23-/m1/s1. The van der Waals surface area contributed by atoms with Gasteiger partial charge in [-0.2, -0.15) is 0 Å². The van der Waals surface area contributed by atoms with Gasteiger partial charge in [-0.25, -0.2) is 0 Å². The van der Waals surface area contributed by atoms with Crippen molar-refractivity contribution in [1.29, 1.82) is 0 Å². The van der Waals surface area contributed by atoms with Crippen molar-refractivity contribution in [3.63, 3.8) is 0 Å². The zero-order valence-electron chi connectivity index (χ0n) is 24.5. The lowest BCUT2D eigenvalue weighted by molar-refractivity contribution is -0.154. The van der Waals surface area contributed by atoms with Crippen molar-refractivity contribution in [2.45, 2.75) is 136 Å².